The molecule has 1 aromatic heterocycles. The van der Waals surface area contributed by atoms with Crippen LogP contribution in [0.2, 0.25) is 10.0 Å². The van der Waals surface area contributed by atoms with Gasteiger partial charge in [-0.3, -0.25) is 4.79 Å². The summed E-state index contributed by atoms with van der Waals surface area (Å²) in [5.74, 6) is 1.33. The number of carbonyl (C=O) groups is 1. The van der Waals surface area contributed by atoms with Gasteiger partial charge in [0.2, 0.25) is 17.6 Å². The van der Waals surface area contributed by atoms with Crippen molar-refractivity contribution in [3.8, 4) is 17.1 Å². The minimum Gasteiger partial charge on any atom is -0.497 e. The number of ether oxygens (including phenoxy) is 1. The number of nitrogens with one attached hydrogen (secondary N) is 1. The molecule has 0 aliphatic rings. The van der Waals surface area contributed by atoms with Crippen LogP contribution in [0.5, 0.6) is 5.75 Å². The molecule has 0 spiro atoms. The molecule has 0 bridgehead atoms. The molecule has 0 saturated heterocycles. The normalized spacial score (nSPS) is 10.6. The summed E-state index contributed by atoms with van der Waals surface area (Å²) in [5.41, 5.74) is 1.64. The Balaban J connectivity index is 1.52. The SMILES string of the molecule is COc1cccc(-c2noc(CNC(=O)CCc3ccc(Cl)cc3Cl)n2)c1. The average molecular weight is 406 g/mol. The Morgan fingerprint density at radius 2 is 2.07 bits per heavy atom. The van der Waals surface area contributed by atoms with Crippen LogP contribution in [0.25, 0.3) is 11.4 Å². The maximum Gasteiger partial charge on any atom is 0.246 e. The summed E-state index contributed by atoms with van der Waals surface area (Å²) in [5, 5.41) is 7.81. The predicted octanol–water partition coefficient (Wildman–Crippen LogP) is 4.30. The quantitative estimate of drug-likeness (QED) is 0.633. The van der Waals surface area contributed by atoms with Gasteiger partial charge in [-0.1, -0.05) is 46.6 Å². The van der Waals surface area contributed by atoms with Crippen molar-refractivity contribution < 1.29 is 14.1 Å². The first-order valence-electron chi connectivity index (χ1n) is 8.23. The lowest BCUT2D eigenvalue weighted by molar-refractivity contribution is -0.121. The van der Waals surface area contributed by atoms with E-state index in [1.54, 1.807) is 19.2 Å². The van der Waals surface area contributed by atoms with Crippen molar-refractivity contribution in [3.05, 3.63) is 64.0 Å². The van der Waals surface area contributed by atoms with Gasteiger partial charge in [-0.05, 0) is 36.2 Å². The van der Waals surface area contributed by atoms with Crippen LogP contribution < -0.4 is 10.1 Å². The van der Waals surface area contributed by atoms with Crippen molar-refractivity contribution in [2.24, 2.45) is 0 Å². The first-order valence-corrected chi connectivity index (χ1v) is 8.98. The first kappa shape index (κ1) is 19.2. The van der Waals surface area contributed by atoms with E-state index in [1.807, 2.05) is 30.3 Å². The molecule has 0 fully saturated rings. The molecular weight excluding hydrogens is 389 g/mol. The summed E-state index contributed by atoms with van der Waals surface area (Å²) in [6.07, 6.45) is 0.805. The van der Waals surface area contributed by atoms with Crippen LogP contribution in [0, 0.1) is 0 Å². The fourth-order valence-electron chi connectivity index (χ4n) is 2.44. The highest BCUT2D eigenvalue weighted by Gasteiger charge is 2.11. The van der Waals surface area contributed by atoms with Crippen LogP contribution in [0.1, 0.15) is 17.9 Å². The lowest BCUT2D eigenvalue weighted by atomic mass is 10.1. The highest BCUT2D eigenvalue weighted by Crippen LogP contribution is 2.22. The standard InChI is InChI=1S/C19H17Cl2N3O3/c1-26-15-4-2-3-13(9-15)19-23-18(27-24-19)11-22-17(25)8-6-12-5-7-14(20)10-16(12)21/h2-5,7,9-10H,6,8,11H2,1H3,(H,22,25). The summed E-state index contributed by atoms with van der Waals surface area (Å²) in [6.45, 7) is 0.157. The van der Waals surface area contributed by atoms with E-state index in [0.29, 0.717) is 33.9 Å². The van der Waals surface area contributed by atoms with Crippen LogP contribution in [-0.4, -0.2) is 23.2 Å². The zero-order valence-electron chi connectivity index (χ0n) is 14.5. The largest absolute Gasteiger partial charge is 0.497 e. The Morgan fingerprint density at radius 1 is 1.22 bits per heavy atom. The molecule has 0 unspecified atom stereocenters. The van der Waals surface area contributed by atoms with Gasteiger partial charge >= 0.3 is 0 Å². The van der Waals surface area contributed by atoms with Gasteiger partial charge in [-0.25, -0.2) is 0 Å². The lowest BCUT2D eigenvalue weighted by Gasteiger charge is -2.05. The third-order valence-corrected chi connectivity index (χ3v) is 4.46. The topological polar surface area (TPSA) is 77.3 Å². The van der Waals surface area contributed by atoms with E-state index in [0.717, 1.165) is 11.1 Å². The van der Waals surface area contributed by atoms with E-state index in [-0.39, 0.29) is 18.9 Å². The van der Waals surface area contributed by atoms with Crippen LogP contribution in [0.3, 0.4) is 0 Å². The number of aromatic nitrogens is 2. The van der Waals surface area contributed by atoms with E-state index in [4.69, 9.17) is 32.5 Å². The monoisotopic (exact) mass is 405 g/mol. The van der Waals surface area contributed by atoms with Gasteiger partial charge in [-0.15, -0.1) is 0 Å². The van der Waals surface area contributed by atoms with Gasteiger partial charge in [0.25, 0.3) is 0 Å². The Hall–Kier alpha value is -2.57. The number of hydrogen-bond donors (Lipinski definition) is 1. The zero-order chi connectivity index (χ0) is 19.2. The third kappa shape index (κ3) is 5.21. The molecule has 2 aromatic carbocycles. The van der Waals surface area contributed by atoms with E-state index in [1.165, 1.54) is 0 Å². The maximum absolute atomic E-state index is 12.0. The fourth-order valence-corrected chi connectivity index (χ4v) is 2.94. The van der Waals surface area contributed by atoms with Gasteiger partial charge in [0.05, 0.1) is 13.7 Å². The number of halogens is 2. The number of aryl methyl sites for hydroxylation is 1. The molecule has 1 N–H and O–H groups in total. The summed E-state index contributed by atoms with van der Waals surface area (Å²) < 4.78 is 10.4. The summed E-state index contributed by atoms with van der Waals surface area (Å²) in [7, 11) is 1.59. The number of rotatable bonds is 7. The van der Waals surface area contributed by atoms with Crippen molar-refractivity contribution in [2.75, 3.05) is 7.11 Å². The Bertz CT molecular complexity index is 943. The molecule has 140 valence electrons. The number of nitrogens with zero attached hydrogens (tertiary/aromatic N) is 2. The molecule has 1 amide bonds. The van der Waals surface area contributed by atoms with Crippen LogP contribution in [-0.2, 0) is 17.8 Å². The first-order chi connectivity index (χ1) is 13.0. The molecule has 3 rings (SSSR count). The fraction of sp³-hybridized carbons (Fsp3) is 0.211. The van der Waals surface area contributed by atoms with Gasteiger partial charge in [0.1, 0.15) is 5.75 Å². The van der Waals surface area contributed by atoms with Crippen molar-refractivity contribution in [1.82, 2.24) is 15.5 Å². The van der Waals surface area contributed by atoms with E-state index in [9.17, 15) is 4.79 Å². The molecule has 0 aliphatic carbocycles. The number of carbonyl (C=O) groups excluding carboxylic acids is 1. The third-order valence-electron chi connectivity index (χ3n) is 3.87. The lowest BCUT2D eigenvalue weighted by Crippen LogP contribution is -2.23. The highest BCUT2D eigenvalue weighted by molar-refractivity contribution is 6.35. The molecule has 0 aliphatic heterocycles. The van der Waals surface area contributed by atoms with Crippen LogP contribution >= 0.6 is 23.2 Å². The molecule has 27 heavy (non-hydrogen) atoms. The van der Waals surface area contributed by atoms with Gasteiger partial charge in [0, 0.05) is 22.0 Å². The minimum absolute atomic E-state index is 0.137. The average Bonchev–Trinajstić information content (AvgIpc) is 3.15. The number of amides is 1. The predicted molar refractivity (Wildman–Crippen MR) is 103 cm³/mol. The minimum atomic E-state index is -0.137. The highest BCUT2D eigenvalue weighted by atomic mass is 35.5. The van der Waals surface area contributed by atoms with Gasteiger partial charge in [0.15, 0.2) is 0 Å². The Morgan fingerprint density at radius 3 is 2.85 bits per heavy atom. The Kier molecular flexibility index (Phi) is 6.32. The molecule has 0 atom stereocenters. The number of methoxy groups -OCH3 is 1. The van der Waals surface area contributed by atoms with Crippen molar-refractivity contribution >= 4 is 29.1 Å². The smallest absolute Gasteiger partial charge is 0.246 e. The molecular formula is C19H17Cl2N3O3. The molecule has 8 heteroatoms. The molecule has 6 nitrogen and oxygen atoms in total. The Labute approximate surface area is 166 Å². The van der Waals surface area contributed by atoms with E-state index < -0.39 is 0 Å². The number of benzene rings is 2. The maximum atomic E-state index is 12.0. The van der Waals surface area contributed by atoms with Crippen LogP contribution in [0.15, 0.2) is 47.0 Å². The van der Waals surface area contributed by atoms with Gasteiger partial charge < -0.3 is 14.6 Å². The zero-order valence-corrected chi connectivity index (χ0v) is 16.0. The van der Waals surface area contributed by atoms with E-state index >= 15 is 0 Å². The molecule has 0 saturated carbocycles. The second-order valence-corrected chi connectivity index (χ2v) is 6.60. The molecule has 1 heterocycles. The van der Waals surface area contributed by atoms with E-state index in [2.05, 4.69) is 15.5 Å². The molecule has 3 aromatic rings. The van der Waals surface area contributed by atoms with Crippen LogP contribution in [0.4, 0.5) is 0 Å². The van der Waals surface area contributed by atoms with Crippen molar-refractivity contribution in [3.63, 3.8) is 0 Å². The van der Waals surface area contributed by atoms with Crippen molar-refractivity contribution in [2.45, 2.75) is 19.4 Å². The number of hydrogen-bond acceptors (Lipinski definition) is 5. The van der Waals surface area contributed by atoms with Crippen molar-refractivity contribution in [1.29, 1.82) is 0 Å². The summed E-state index contributed by atoms with van der Waals surface area (Å²) in [6, 6.07) is 12.6. The summed E-state index contributed by atoms with van der Waals surface area (Å²) >= 11 is 12.0. The summed E-state index contributed by atoms with van der Waals surface area (Å²) in [4.78, 5) is 16.3. The molecule has 0 radical (unpaired) electrons. The second-order valence-electron chi connectivity index (χ2n) is 5.76. The second kappa shape index (κ2) is 8.88. The van der Waals surface area contributed by atoms with Gasteiger partial charge in [-0.2, -0.15) is 4.98 Å².